The molecule has 1 aromatic heterocycles. The standard InChI is InChI=1S/C20H22N3O4/c1-25-14-11-17(20(18(12-14)26-2)27-10-6-5-9-24)23-19-13-21-15-7-3-4-8-16(15)22-19/h3-4,7-8,11-12,24H,5-6,9-10H2,1-2H3,(H,22,23). The Hall–Kier alpha value is -3.06. The summed E-state index contributed by atoms with van der Waals surface area (Å²) in [5, 5.41) is 12.1. The van der Waals surface area contributed by atoms with Gasteiger partial charge in [0.25, 0.3) is 0 Å². The Labute approximate surface area is 157 Å². The van der Waals surface area contributed by atoms with Gasteiger partial charge in [0.15, 0.2) is 17.3 Å². The smallest absolute Gasteiger partial charge is 0.184 e. The van der Waals surface area contributed by atoms with Crippen LogP contribution in [0, 0.1) is 6.20 Å². The fraction of sp³-hybridized carbons (Fsp3) is 0.300. The third-order valence-corrected chi connectivity index (χ3v) is 3.93. The molecule has 0 fully saturated rings. The molecule has 0 amide bonds. The molecule has 3 aromatic rings. The summed E-state index contributed by atoms with van der Waals surface area (Å²) in [4.78, 5) is 8.83. The second-order valence-electron chi connectivity index (χ2n) is 5.78. The first-order valence-electron chi connectivity index (χ1n) is 8.66. The molecule has 7 nitrogen and oxygen atoms in total. The fourth-order valence-corrected chi connectivity index (χ4v) is 2.57. The second kappa shape index (κ2) is 9.05. The van der Waals surface area contributed by atoms with Gasteiger partial charge in [-0.3, -0.25) is 0 Å². The zero-order chi connectivity index (χ0) is 19.1. The molecule has 0 atom stereocenters. The van der Waals surface area contributed by atoms with Gasteiger partial charge >= 0.3 is 0 Å². The summed E-state index contributed by atoms with van der Waals surface area (Å²) in [6.45, 7) is 0.584. The topological polar surface area (TPSA) is 85.7 Å². The minimum absolute atomic E-state index is 0.135. The van der Waals surface area contributed by atoms with Crippen LogP contribution < -0.4 is 19.5 Å². The van der Waals surface area contributed by atoms with Crippen molar-refractivity contribution in [2.45, 2.75) is 12.8 Å². The third-order valence-electron chi connectivity index (χ3n) is 3.93. The van der Waals surface area contributed by atoms with Gasteiger partial charge in [0.05, 0.1) is 37.5 Å². The molecule has 0 bridgehead atoms. The SMILES string of the molecule is COc1cc(Nc2[c]nc3ccccc3n2)c(OCCCCO)c(OC)c1. The number of anilines is 2. The molecule has 0 aliphatic rings. The zero-order valence-electron chi connectivity index (χ0n) is 15.4. The van der Waals surface area contributed by atoms with Crippen molar-refractivity contribution in [1.82, 2.24) is 9.97 Å². The Morgan fingerprint density at radius 3 is 2.63 bits per heavy atom. The van der Waals surface area contributed by atoms with Crippen LogP contribution in [-0.4, -0.2) is 42.5 Å². The maximum absolute atomic E-state index is 8.94. The number of fused-ring (bicyclic) bond motifs is 1. The van der Waals surface area contributed by atoms with Crippen LogP contribution in [0.25, 0.3) is 11.0 Å². The average molecular weight is 368 g/mol. The Balaban J connectivity index is 1.92. The Kier molecular flexibility index (Phi) is 6.27. The zero-order valence-corrected chi connectivity index (χ0v) is 15.4. The van der Waals surface area contributed by atoms with Crippen LogP contribution in [0.3, 0.4) is 0 Å². The predicted molar refractivity (Wildman–Crippen MR) is 103 cm³/mol. The lowest BCUT2D eigenvalue weighted by Gasteiger charge is -2.17. The molecule has 0 saturated heterocycles. The largest absolute Gasteiger partial charge is 0.497 e. The van der Waals surface area contributed by atoms with E-state index in [-0.39, 0.29) is 6.61 Å². The van der Waals surface area contributed by atoms with Crippen LogP contribution in [0.2, 0.25) is 0 Å². The number of benzene rings is 2. The first-order valence-corrected chi connectivity index (χ1v) is 8.66. The molecule has 7 heteroatoms. The number of nitrogens with zero attached hydrogens (tertiary/aromatic N) is 2. The number of nitrogens with one attached hydrogen (secondary N) is 1. The lowest BCUT2D eigenvalue weighted by atomic mass is 10.2. The fourth-order valence-electron chi connectivity index (χ4n) is 2.57. The van der Waals surface area contributed by atoms with E-state index in [9.17, 15) is 0 Å². The Bertz CT molecular complexity index is 902. The van der Waals surface area contributed by atoms with Gasteiger partial charge in [0, 0.05) is 18.7 Å². The van der Waals surface area contributed by atoms with Gasteiger partial charge in [-0.1, -0.05) is 12.1 Å². The van der Waals surface area contributed by atoms with Gasteiger partial charge in [-0.15, -0.1) is 0 Å². The van der Waals surface area contributed by atoms with Crippen LogP contribution in [0.4, 0.5) is 11.5 Å². The predicted octanol–water partition coefficient (Wildman–Crippen LogP) is 3.34. The summed E-state index contributed by atoms with van der Waals surface area (Å²) < 4.78 is 16.7. The summed E-state index contributed by atoms with van der Waals surface area (Å²) in [7, 11) is 3.16. The van der Waals surface area contributed by atoms with E-state index in [1.165, 1.54) is 0 Å². The van der Waals surface area contributed by atoms with E-state index >= 15 is 0 Å². The molecule has 0 aliphatic carbocycles. The lowest BCUT2D eigenvalue weighted by molar-refractivity contribution is 0.248. The molecular weight excluding hydrogens is 346 g/mol. The van der Waals surface area contributed by atoms with Crippen molar-refractivity contribution < 1.29 is 19.3 Å². The number of methoxy groups -OCH3 is 2. The van der Waals surface area contributed by atoms with E-state index in [2.05, 4.69) is 21.5 Å². The van der Waals surface area contributed by atoms with E-state index in [1.54, 1.807) is 26.4 Å². The first-order chi connectivity index (χ1) is 13.2. The summed E-state index contributed by atoms with van der Waals surface area (Å²) in [6.07, 6.45) is 4.30. The number of ether oxygens (including phenoxy) is 3. The van der Waals surface area contributed by atoms with Crippen LogP contribution in [0.5, 0.6) is 17.2 Å². The van der Waals surface area contributed by atoms with Crippen molar-refractivity contribution in [3.05, 3.63) is 42.6 Å². The maximum Gasteiger partial charge on any atom is 0.184 e. The molecule has 141 valence electrons. The summed E-state index contributed by atoms with van der Waals surface area (Å²) in [5.41, 5.74) is 2.17. The highest BCUT2D eigenvalue weighted by Crippen LogP contribution is 2.40. The number of para-hydroxylation sites is 2. The number of hydrogen-bond acceptors (Lipinski definition) is 7. The van der Waals surface area contributed by atoms with Crippen molar-refractivity contribution in [2.24, 2.45) is 0 Å². The summed E-state index contributed by atoms with van der Waals surface area (Å²) >= 11 is 0. The number of aromatic nitrogens is 2. The molecule has 0 aliphatic heterocycles. The molecule has 2 N–H and O–H groups in total. The van der Waals surface area contributed by atoms with E-state index < -0.39 is 0 Å². The molecule has 0 saturated carbocycles. The summed E-state index contributed by atoms with van der Waals surface area (Å²) in [6, 6.07) is 11.1. The molecule has 0 unspecified atom stereocenters. The van der Waals surface area contributed by atoms with E-state index in [4.69, 9.17) is 19.3 Å². The Morgan fingerprint density at radius 2 is 1.89 bits per heavy atom. The van der Waals surface area contributed by atoms with Crippen molar-refractivity contribution in [2.75, 3.05) is 32.8 Å². The van der Waals surface area contributed by atoms with Crippen molar-refractivity contribution in [1.29, 1.82) is 0 Å². The number of aliphatic hydroxyl groups excluding tert-OH is 1. The molecule has 3 rings (SSSR count). The second-order valence-corrected chi connectivity index (χ2v) is 5.78. The van der Waals surface area contributed by atoms with Crippen molar-refractivity contribution in [3.63, 3.8) is 0 Å². The van der Waals surface area contributed by atoms with Crippen LogP contribution in [0.15, 0.2) is 36.4 Å². The van der Waals surface area contributed by atoms with Crippen LogP contribution in [-0.2, 0) is 0 Å². The van der Waals surface area contributed by atoms with Gasteiger partial charge in [-0.05, 0) is 25.0 Å². The third kappa shape index (κ3) is 4.57. The summed E-state index contributed by atoms with van der Waals surface area (Å²) in [5.74, 6) is 2.16. The number of unbranched alkanes of at least 4 members (excludes halogenated alkanes) is 1. The van der Waals surface area contributed by atoms with Gasteiger partial charge in [-0.2, -0.15) is 0 Å². The Morgan fingerprint density at radius 1 is 1.07 bits per heavy atom. The number of rotatable bonds is 9. The maximum atomic E-state index is 8.94. The minimum Gasteiger partial charge on any atom is -0.497 e. The average Bonchev–Trinajstić information content (AvgIpc) is 2.71. The quantitative estimate of drug-likeness (QED) is 0.560. The van der Waals surface area contributed by atoms with E-state index in [0.717, 1.165) is 17.5 Å². The van der Waals surface area contributed by atoms with E-state index in [0.29, 0.717) is 41.8 Å². The molecule has 1 radical (unpaired) electrons. The molecule has 27 heavy (non-hydrogen) atoms. The van der Waals surface area contributed by atoms with Gasteiger partial charge in [0.2, 0.25) is 0 Å². The highest BCUT2D eigenvalue weighted by Gasteiger charge is 2.15. The van der Waals surface area contributed by atoms with Crippen LogP contribution in [0.1, 0.15) is 12.8 Å². The molecule has 0 spiro atoms. The van der Waals surface area contributed by atoms with Crippen molar-refractivity contribution >= 4 is 22.5 Å². The van der Waals surface area contributed by atoms with Gasteiger partial charge < -0.3 is 24.6 Å². The molecular formula is C20H22N3O4. The molecule has 2 aromatic carbocycles. The normalized spacial score (nSPS) is 10.6. The number of hydrogen-bond donors (Lipinski definition) is 2. The van der Waals surface area contributed by atoms with Gasteiger partial charge in [0.1, 0.15) is 11.9 Å². The highest BCUT2D eigenvalue weighted by molar-refractivity contribution is 5.77. The van der Waals surface area contributed by atoms with Gasteiger partial charge in [-0.25, -0.2) is 9.97 Å². The molecule has 1 heterocycles. The van der Waals surface area contributed by atoms with Crippen molar-refractivity contribution in [3.8, 4) is 17.2 Å². The first kappa shape index (κ1) is 18.7. The number of aliphatic hydroxyl groups is 1. The monoisotopic (exact) mass is 368 g/mol. The van der Waals surface area contributed by atoms with E-state index in [1.807, 2.05) is 24.3 Å². The van der Waals surface area contributed by atoms with Crippen LogP contribution >= 0.6 is 0 Å². The highest BCUT2D eigenvalue weighted by atomic mass is 16.5. The lowest BCUT2D eigenvalue weighted by Crippen LogP contribution is -2.05. The minimum atomic E-state index is 0.135.